The highest BCUT2D eigenvalue weighted by molar-refractivity contribution is 14.1. The lowest BCUT2D eigenvalue weighted by Crippen LogP contribution is -2.36. The zero-order chi connectivity index (χ0) is 12.3. The molecule has 15 heavy (non-hydrogen) atoms. The number of esters is 1. The third-order valence-corrected chi connectivity index (χ3v) is 2.18. The van der Waals surface area contributed by atoms with E-state index in [0.717, 1.165) is 22.6 Å². The molecule has 0 bridgehead atoms. The second-order valence-corrected chi connectivity index (χ2v) is 3.48. The van der Waals surface area contributed by atoms with Gasteiger partial charge >= 0.3 is 18.1 Å². The van der Waals surface area contributed by atoms with Crippen molar-refractivity contribution >= 4 is 28.6 Å². The minimum Gasteiger partial charge on any atom is -0.463 e. The molecule has 0 aromatic heterocycles. The number of alkyl halides is 5. The minimum atomic E-state index is -5.72. The zero-order valence-electron chi connectivity index (χ0n) is 7.37. The number of hydrogen-bond acceptors (Lipinski definition) is 2. The molecule has 0 N–H and O–H groups in total. The zero-order valence-corrected chi connectivity index (χ0v) is 9.53. The lowest BCUT2D eigenvalue weighted by atomic mass is 10.3. The van der Waals surface area contributed by atoms with Crippen molar-refractivity contribution in [2.24, 2.45) is 0 Å². The second kappa shape index (κ2) is 5.08. The number of carbonyl (C=O) groups is 1. The molecule has 0 aromatic carbocycles. The molecule has 0 atom stereocenters. The summed E-state index contributed by atoms with van der Waals surface area (Å²) in [5, 5.41) is 0. The monoisotopic (exact) mass is 344 g/mol. The van der Waals surface area contributed by atoms with Gasteiger partial charge in [0, 0.05) is 6.08 Å². The standard InChI is InChI=1S/C7H6F5IO2/c1-2-15-5(14)3-4(13)6(8,9)7(10,11)12/h3H,2H2,1H3/b4-3-. The molecular weight excluding hydrogens is 338 g/mol. The predicted molar refractivity (Wildman–Crippen MR) is 49.7 cm³/mol. The summed E-state index contributed by atoms with van der Waals surface area (Å²) >= 11 is 0.755. The largest absolute Gasteiger partial charge is 0.463 e. The number of rotatable bonds is 3. The van der Waals surface area contributed by atoms with Gasteiger partial charge in [-0.15, -0.1) is 0 Å². The van der Waals surface area contributed by atoms with Gasteiger partial charge in [0.15, 0.2) is 0 Å². The Morgan fingerprint density at radius 1 is 1.33 bits per heavy atom. The van der Waals surface area contributed by atoms with E-state index in [0.29, 0.717) is 0 Å². The van der Waals surface area contributed by atoms with Crippen LogP contribution in [0, 0.1) is 0 Å². The summed E-state index contributed by atoms with van der Waals surface area (Å²) in [5.41, 5.74) is 0. The van der Waals surface area contributed by atoms with Gasteiger partial charge in [-0.05, 0) is 29.5 Å². The maximum absolute atomic E-state index is 12.5. The molecule has 0 rings (SSSR count). The fraction of sp³-hybridized carbons (Fsp3) is 0.571. The van der Waals surface area contributed by atoms with Crippen LogP contribution in [0.4, 0.5) is 22.0 Å². The van der Waals surface area contributed by atoms with Crippen LogP contribution in [-0.2, 0) is 9.53 Å². The van der Waals surface area contributed by atoms with E-state index in [-0.39, 0.29) is 12.7 Å². The first-order valence-electron chi connectivity index (χ1n) is 3.62. The molecule has 0 aliphatic carbocycles. The molecule has 0 aliphatic heterocycles. The van der Waals surface area contributed by atoms with Gasteiger partial charge in [0.2, 0.25) is 0 Å². The third-order valence-electron chi connectivity index (χ3n) is 1.19. The van der Waals surface area contributed by atoms with E-state index in [4.69, 9.17) is 0 Å². The molecule has 8 heteroatoms. The smallest absolute Gasteiger partial charge is 0.458 e. The summed E-state index contributed by atoms with van der Waals surface area (Å²) in [6, 6.07) is 0. The Balaban J connectivity index is 4.84. The van der Waals surface area contributed by atoms with Gasteiger partial charge in [0.05, 0.1) is 10.2 Å². The average Bonchev–Trinajstić information content (AvgIpc) is 2.02. The molecule has 88 valence electrons. The quantitative estimate of drug-likeness (QED) is 0.341. The number of carbonyl (C=O) groups excluding carboxylic acids is 1. The Kier molecular flexibility index (Phi) is 4.94. The van der Waals surface area contributed by atoms with Gasteiger partial charge in [0.25, 0.3) is 0 Å². The predicted octanol–water partition coefficient (Wildman–Crippen LogP) is 3.07. The van der Waals surface area contributed by atoms with Crippen LogP contribution in [-0.4, -0.2) is 24.7 Å². The van der Waals surface area contributed by atoms with Crippen LogP contribution in [0.1, 0.15) is 6.92 Å². The van der Waals surface area contributed by atoms with Gasteiger partial charge in [0.1, 0.15) is 0 Å². The lowest BCUT2D eigenvalue weighted by molar-refractivity contribution is -0.260. The van der Waals surface area contributed by atoms with E-state index in [2.05, 4.69) is 4.74 Å². The highest BCUT2D eigenvalue weighted by Gasteiger charge is 2.59. The molecule has 0 radical (unpaired) electrons. The lowest BCUT2D eigenvalue weighted by Gasteiger charge is -2.18. The maximum atomic E-state index is 12.5. The highest BCUT2D eigenvalue weighted by Crippen LogP contribution is 2.43. The molecule has 0 saturated heterocycles. The molecule has 0 aromatic rings. The molecule has 0 amide bonds. The van der Waals surface area contributed by atoms with Crippen LogP contribution in [0.15, 0.2) is 9.66 Å². The molecule has 0 fully saturated rings. The molecule has 0 unspecified atom stereocenters. The minimum absolute atomic E-state index is 0.100. The third kappa shape index (κ3) is 3.92. The number of ether oxygens (including phenoxy) is 1. The molecule has 2 nitrogen and oxygen atoms in total. The van der Waals surface area contributed by atoms with Crippen molar-refractivity contribution in [3.8, 4) is 0 Å². The Bertz CT molecular complexity index is 271. The first-order valence-corrected chi connectivity index (χ1v) is 4.69. The van der Waals surface area contributed by atoms with Gasteiger partial charge in [-0.2, -0.15) is 22.0 Å². The first kappa shape index (κ1) is 14.6. The average molecular weight is 344 g/mol. The molecule has 0 saturated carbocycles. The molecule has 0 heterocycles. The second-order valence-electron chi connectivity index (χ2n) is 2.32. The van der Waals surface area contributed by atoms with Crippen LogP contribution >= 0.6 is 22.6 Å². The summed E-state index contributed by atoms with van der Waals surface area (Å²) in [6.07, 6.45) is -5.59. The normalized spacial score (nSPS) is 13.9. The van der Waals surface area contributed by atoms with E-state index in [1.807, 2.05) is 0 Å². The number of hydrogen-bond donors (Lipinski definition) is 0. The Hall–Kier alpha value is -0.410. The first-order chi connectivity index (χ1) is 6.63. The van der Waals surface area contributed by atoms with E-state index >= 15 is 0 Å². The van der Waals surface area contributed by atoms with Crippen molar-refractivity contribution in [3.63, 3.8) is 0 Å². The van der Waals surface area contributed by atoms with Crippen molar-refractivity contribution in [3.05, 3.63) is 9.66 Å². The summed E-state index contributed by atoms with van der Waals surface area (Å²) < 4.78 is 63.1. The van der Waals surface area contributed by atoms with Crippen molar-refractivity contribution in [2.45, 2.75) is 19.0 Å². The van der Waals surface area contributed by atoms with Crippen molar-refractivity contribution in [1.82, 2.24) is 0 Å². The van der Waals surface area contributed by atoms with E-state index < -0.39 is 21.6 Å². The van der Waals surface area contributed by atoms with Crippen LogP contribution in [0.5, 0.6) is 0 Å². The maximum Gasteiger partial charge on any atom is 0.458 e. The molecule has 0 aliphatic rings. The van der Waals surface area contributed by atoms with Crippen molar-refractivity contribution in [1.29, 1.82) is 0 Å². The fourth-order valence-corrected chi connectivity index (χ4v) is 1.07. The van der Waals surface area contributed by atoms with Crippen LogP contribution < -0.4 is 0 Å². The SMILES string of the molecule is CCOC(=O)/C=C(\I)C(F)(F)C(F)(F)F. The van der Waals surface area contributed by atoms with E-state index in [1.54, 1.807) is 0 Å². The summed E-state index contributed by atoms with van der Waals surface area (Å²) in [4.78, 5) is 10.6. The molecule has 0 spiro atoms. The van der Waals surface area contributed by atoms with Crippen LogP contribution in [0.2, 0.25) is 0 Å². The fourth-order valence-electron chi connectivity index (χ4n) is 0.513. The van der Waals surface area contributed by atoms with Crippen molar-refractivity contribution < 1.29 is 31.5 Å². The van der Waals surface area contributed by atoms with E-state index in [1.165, 1.54) is 6.92 Å². The van der Waals surface area contributed by atoms with Gasteiger partial charge in [-0.25, -0.2) is 4.79 Å². The Labute approximate surface area is 95.6 Å². The summed E-state index contributed by atoms with van der Waals surface area (Å²) in [6.45, 7) is 1.30. The summed E-state index contributed by atoms with van der Waals surface area (Å²) in [5.74, 6) is -6.26. The Morgan fingerprint density at radius 2 is 1.80 bits per heavy atom. The number of halogens is 6. The van der Waals surface area contributed by atoms with E-state index in [9.17, 15) is 26.7 Å². The topological polar surface area (TPSA) is 26.3 Å². The number of allylic oxidation sites excluding steroid dienone is 1. The van der Waals surface area contributed by atoms with Gasteiger partial charge in [-0.1, -0.05) is 0 Å². The molecular formula is C7H6F5IO2. The highest BCUT2D eigenvalue weighted by atomic mass is 127. The van der Waals surface area contributed by atoms with Crippen LogP contribution in [0.25, 0.3) is 0 Å². The summed E-state index contributed by atoms with van der Waals surface area (Å²) in [7, 11) is 0. The van der Waals surface area contributed by atoms with Gasteiger partial charge < -0.3 is 4.74 Å². The van der Waals surface area contributed by atoms with Gasteiger partial charge in [-0.3, -0.25) is 0 Å². The van der Waals surface area contributed by atoms with Crippen molar-refractivity contribution in [2.75, 3.05) is 6.61 Å². The Morgan fingerprint density at radius 3 is 2.13 bits per heavy atom. The van der Waals surface area contributed by atoms with Crippen LogP contribution in [0.3, 0.4) is 0 Å².